The molecule has 0 atom stereocenters. The summed E-state index contributed by atoms with van der Waals surface area (Å²) < 4.78 is 0. The topological polar surface area (TPSA) is 40.5 Å². The van der Waals surface area contributed by atoms with Crippen molar-refractivity contribution < 1.29 is 10.2 Å². The Labute approximate surface area is 87.3 Å². The Balaban J connectivity index is 2.39. The molecular weight excluding hydrogens is 176 g/mol. The van der Waals surface area contributed by atoms with E-state index in [1.165, 1.54) is 32.1 Å². The van der Waals surface area contributed by atoms with Crippen molar-refractivity contribution in [2.45, 2.75) is 57.8 Å². The summed E-state index contributed by atoms with van der Waals surface area (Å²) in [5.74, 6) is 0. The van der Waals surface area contributed by atoms with Crippen LogP contribution in [0.1, 0.15) is 57.8 Å². The molecule has 84 valence electrons. The fourth-order valence-electron chi connectivity index (χ4n) is 2.83. The average Bonchev–Trinajstić information content (AvgIpc) is 2.25. The highest BCUT2D eigenvalue weighted by atomic mass is 16.3. The molecule has 14 heavy (non-hydrogen) atoms. The van der Waals surface area contributed by atoms with E-state index >= 15 is 0 Å². The smallest absolute Gasteiger partial charge is 0.0431 e. The van der Waals surface area contributed by atoms with Crippen molar-refractivity contribution in [3.63, 3.8) is 0 Å². The van der Waals surface area contributed by atoms with Crippen molar-refractivity contribution in [3.05, 3.63) is 0 Å². The molecule has 0 heterocycles. The maximum Gasteiger partial charge on any atom is 0.0431 e. The van der Waals surface area contributed by atoms with Gasteiger partial charge in [0.1, 0.15) is 0 Å². The third-order valence-corrected chi connectivity index (χ3v) is 3.64. The zero-order chi connectivity index (χ0) is 10.3. The van der Waals surface area contributed by atoms with Gasteiger partial charge in [0.05, 0.1) is 0 Å². The molecule has 0 amide bonds. The molecule has 0 aromatic carbocycles. The predicted molar refractivity (Wildman–Crippen MR) is 58.2 cm³/mol. The van der Waals surface area contributed by atoms with Gasteiger partial charge in [-0.25, -0.2) is 0 Å². The number of rotatable bonds is 6. The summed E-state index contributed by atoms with van der Waals surface area (Å²) in [7, 11) is 0. The lowest BCUT2D eigenvalue weighted by molar-refractivity contribution is 0.124. The Hall–Kier alpha value is -0.0800. The first-order valence-corrected chi connectivity index (χ1v) is 6.05. The summed E-state index contributed by atoms with van der Waals surface area (Å²) >= 11 is 0. The fourth-order valence-corrected chi connectivity index (χ4v) is 2.83. The van der Waals surface area contributed by atoms with Gasteiger partial charge in [0.25, 0.3) is 0 Å². The summed E-state index contributed by atoms with van der Waals surface area (Å²) in [6, 6.07) is 0. The molecule has 0 radical (unpaired) electrons. The molecular formula is C12H24O2. The van der Waals surface area contributed by atoms with Crippen molar-refractivity contribution in [2.24, 2.45) is 5.41 Å². The summed E-state index contributed by atoms with van der Waals surface area (Å²) in [5.41, 5.74) is 0.462. The van der Waals surface area contributed by atoms with Gasteiger partial charge in [0.2, 0.25) is 0 Å². The van der Waals surface area contributed by atoms with E-state index in [-0.39, 0.29) is 0 Å². The molecule has 0 aromatic heterocycles. The van der Waals surface area contributed by atoms with Crippen LogP contribution in [0.3, 0.4) is 0 Å². The molecule has 0 unspecified atom stereocenters. The van der Waals surface area contributed by atoms with Gasteiger partial charge in [-0.15, -0.1) is 0 Å². The highest BCUT2D eigenvalue weighted by molar-refractivity contribution is 4.82. The minimum Gasteiger partial charge on any atom is -0.396 e. The second kappa shape index (κ2) is 6.41. The third-order valence-electron chi connectivity index (χ3n) is 3.64. The molecule has 0 saturated heterocycles. The van der Waals surface area contributed by atoms with Gasteiger partial charge in [0, 0.05) is 13.2 Å². The van der Waals surface area contributed by atoms with Crippen LogP contribution < -0.4 is 0 Å². The maximum absolute atomic E-state index is 8.89. The van der Waals surface area contributed by atoms with Crippen LogP contribution in [0.5, 0.6) is 0 Å². The van der Waals surface area contributed by atoms with E-state index in [2.05, 4.69) is 0 Å². The minimum atomic E-state index is 0.320. The van der Waals surface area contributed by atoms with E-state index in [0.717, 1.165) is 25.7 Å². The Kier molecular flexibility index (Phi) is 5.49. The minimum absolute atomic E-state index is 0.320. The van der Waals surface area contributed by atoms with Gasteiger partial charge < -0.3 is 10.2 Å². The molecule has 0 bridgehead atoms. The molecule has 1 fully saturated rings. The van der Waals surface area contributed by atoms with Gasteiger partial charge in [-0.1, -0.05) is 19.3 Å². The van der Waals surface area contributed by atoms with Crippen LogP contribution in [-0.2, 0) is 0 Å². The molecule has 2 N–H and O–H groups in total. The molecule has 1 aliphatic carbocycles. The first-order valence-electron chi connectivity index (χ1n) is 6.05. The number of aliphatic hydroxyl groups is 2. The van der Waals surface area contributed by atoms with Crippen LogP contribution in [-0.4, -0.2) is 23.4 Å². The average molecular weight is 200 g/mol. The second-order valence-electron chi connectivity index (χ2n) is 4.71. The molecule has 1 rings (SSSR count). The molecule has 2 nitrogen and oxygen atoms in total. The van der Waals surface area contributed by atoms with E-state index in [1.807, 2.05) is 0 Å². The van der Waals surface area contributed by atoms with Crippen LogP contribution >= 0.6 is 0 Å². The Morgan fingerprint density at radius 3 is 1.71 bits per heavy atom. The largest absolute Gasteiger partial charge is 0.396 e. The lowest BCUT2D eigenvalue weighted by Crippen LogP contribution is -2.25. The number of hydrogen-bond donors (Lipinski definition) is 2. The van der Waals surface area contributed by atoms with E-state index < -0.39 is 0 Å². The Morgan fingerprint density at radius 1 is 0.786 bits per heavy atom. The summed E-state index contributed by atoms with van der Waals surface area (Å²) in [6.45, 7) is 0.641. The molecule has 1 aliphatic rings. The summed E-state index contributed by atoms with van der Waals surface area (Å²) in [4.78, 5) is 0. The fraction of sp³-hybridized carbons (Fsp3) is 1.00. The molecule has 2 heteroatoms. The van der Waals surface area contributed by atoms with E-state index in [9.17, 15) is 0 Å². The van der Waals surface area contributed by atoms with Crippen LogP contribution in [0.15, 0.2) is 0 Å². The third kappa shape index (κ3) is 3.58. The number of aliphatic hydroxyl groups excluding tert-OH is 2. The maximum atomic E-state index is 8.89. The van der Waals surface area contributed by atoms with Crippen LogP contribution in [0, 0.1) is 5.41 Å². The monoisotopic (exact) mass is 200 g/mol. The normalized spacial score (nSPS) is 21.0. The van der Waals surface area contributed by atoms with Crippen LogP contribution in [0.25, 0.3) is 0 Å². The summed E-state index contributed by atoms with van der Waals surface area (Å²) in [6.07, 6.45) is 10.9. The lowest BCUT2D eigenvalue weighted by atomic mass is 9.68. The van der Waals surface area contributed by atoms with Gasteiger partial charge in [-0.3, -0.25) is 0 Å². The van der Waals surface area contributed by atoms with Gasteiger partial charge in [0.15, 0.2) is 0 Å². The standard InChI is InChI=1S/C12H24O2/c13-10-4-8-12(9-5-11-14)6-2-1-3-7-12/h13-14H,1-11H2. The van der Waals surface area contributed by atoms with E-state index in [0.29, 0.717) is 18.6 Å². The first kappa shape index (κ1) is 12.0. The van der Waals surface area contributed by atoms with Gasteiger partial charge in [-0.2, -0.15) is 0 Å². The molecule has 0 aliphatic heterocycles. The van der Waals surface area contributed by atoms with Crippen molar-refractivity contribution >= 4 is 0 Å². The van der Waals surface area contributed by atoms with Crippen LogP contribution in [0.4, 0.5) is 0 Å². The van der Waals surface area contributed by atoms with E-state index in [4.69, 9.17) is 10.2 Å². The molecule has 0 aromatic rings. The highest BCUT2D eigenvalue weighted by Gasteiger charge is 2.30. The highest BCUT2D eigenvalue weighted by Crippen LogP contribution is 2.43. The van der Waals surface area contributed by atoms with Crippen molar-refractivity contribution in [3.8, 4) is 0 Å². The number of hydrogen-bond acceptors (Lipinski definition) is 2. The quantitative estimate of drug-likeness (QED) is 0.691. The lowest BCUT2D eigenvalue weighted by Gasteiger charge is -2.37. The van der Waals surface area contributed by atoms with Gasteiger partial charge >= 0.3 is 0 Å². The molecule has 1 saturated carbocycles. The zero-order valence-electron chi connectivity index (χ0n) is 9.17. The van der Waals surface area contributed by atoms with Crippen LogP contribution in [0.2, 0.25) is 0 Å². The summed E-state index contributed by atoms with van der Waals surface area (Å²) in [5, 5.41) is 17.8. The second-order valence-corrected chi connectivity index (χ2v) is 4.71. The molecule has 0 spiro atoms. The van der Waals surface area contributed by atoms with E-state index in [1.54, 1.807) is 0 Å². The van der Waals surface area contributed by atoms with Gasteiger partial charge in [-0.05, 0) is 43.9 Å². The zero-order valence-corrected chi connectivity index (χ0v) is 9.17. The van der Waals surface area contributed by atoms with Crippen molar-refractivity contribution in [1.29, 1.82) is 0 Å². The first-order chi connectivity index (χ1) is 6.83. The Bertz CT molecular complexity index is 129. The van der Waals surface area contributed by atoms with Crippen molar-refractivity contribution in [2.75, 3.05) is 13.2 Å². The Morgan fingerprint density at radius 2 is 1.29 bits per heavy atom. The SMILES string of the molecule is OCCCC1(CCCO)CCCCC1. The predicted octanol–water partition coefficient (Wildman–Crippen LogP) is 2.48. The van der Waals surface area contributed by atoms with Crippen molar-refractivity contribution in [1.82, 2.24) is 0 Å².